The third-order valence-electron chi connectivity index (χ3n) is 4.84. The van der Waals surface area contributed by atoms with Crippen molar-refractivity contribution in [2.75, 3.05) is 17.2 Å². The molecule has 0 bridgehead atoms. The maximum atomic E-state index is 13.1. The van der Waals surface area contributed by atoms with Crippen LogP contribution in [0, 0.1) is 0 Å². The van der Waals surface area contributed by atoms with Gasteiger partial charge in [-0.15, -0.1) is 22.0 Å². The number of carbonyl (C=O) groups excluding carboxylic acids is 1. The van der Waals surface area contributed by atoms with Crippen molar-refractivity contribution in [2.24, 2.45) is 0 Å². The van der Waals surface area contributed by atoms with Gasteiger partial charge in [0.15, 0.2) is 11.0 Å². The number of fused-ring (bicyclic) bond motifs is 1. The summed E-state index contributed by atoms with van der Waals surface area (Å²) < 4.78 is 2.04. The molecule has 6 nitrogen and oxygen atoms in total. The number of carbonyl (C=O) groups is 1. The Labute approximate surface area is 179 Å². The summed E-state index contributed by atoms with van der Waals surface area (Å²) >= 11 is 3.29. The Hall–Kier alpha value is -2.32. The van der Waals surface area contributed by atoms with E-state index in [1.807, 2.05) is 51.6 Å². The number of hydrogen-bond acceptors (Lipinski definition) is 6. The summed E-state index contributed by atoms with van der Waals surface area (Å²) in [5.41, 5.74) is 1.99. The molecule has 3 heterocycles. The van der Waals surface area contributed by atoms with Gasteiger partial charge in [0.1, 0.15) is 0 Å². The molecular formula is C21H23N5OS2. The first-order valence-corrected chi connectivity index (χ1v) is 11.6. The zero-order chi connectivity index (χ0) is 20.2. The SMILES string of the molecule is CCn1c(SCC(=O)N2CC[C@@H](C)Sc3ccccc32)nnc1-c1ccncc1. The zero-order valence-electron chi connectivity index (χ0n) is 16.5. The summed E-state index contributed by atoms with van der Waals surface area (Å²) in [5.74, 6) is 1.24. The van der Waals surface area contributed by atoms with Gasteiger partial charge in [-0.3, -0.25) is 9.78 Å². The average molecular weight is 426 g/mol. The molecule has 3 aromatic rings. The fraction of sp³-hybridized carbons (Fsp3) is 0.333. The molecule has 0 aliphatic carbocycles. The second-order valence-corrected chi connectivity index (χ2v) is 9.23. The Morgan fingerprint density at radius 3 is 2.79 bits per heavy atom. The van der Waals surface area contributed by atoms with E-state index in [0.29, 0.717) is 11.0 Å². The fourth-order valence-electron chi connectivity index (χ4n) is 3.35. The van der Waals surface area contributed by atoms with E-state index in [9.17, 15) is 4.79 Å². The number of para-hydroxylation sites is 1. The van der Waals surface area contributed by atoms with Crippen LogP contribution in [0.2, 0.25) is 0 Å². The van der Waals surface area contributed by atoms with Gasteiger partial charge in [-0.25, -0.2) is 0 Å². The highest BCUT2D eigenvalue weighted by molar-refractivity contribution is 8.00. The highest BCUT2D eigenvalue weighted by Crippen LogP contribution is 2.37. The molecular weight excluding hydrogens is 402 g/mol. The quantitative estimate of drug-likeness (QED) is 0.566. The molecule has 0 fully saturated rings. The van der Waals surface area contributed by atoms with Crippen molar-refractivity contribution < 1.29 is 4.79 Å². The second kappa shape index (κ2) is 9.00. The minimum atomic E-state index is 0.105. The van der Waals surface area contributed by atoms with Crippen LogP contribution < -0.4 is 4.90 Å². The first-order chi connectivity index (χ1) is 14.2. The average Bonchev–Trinajstić information content (AvgIpc) is 3.08. The van der Waals surface area contributed by atoms with Gasteiger partial charge in [-0.1, -0.05) is 30.8 Å². The first-order valence-electron chi connectivity index (χ1n) is 9.69. The van der Waals surface area contributed by atoms with Crippen molar-refractivity contribution in [3.63, 3.8) is 0 Å². The van der Waals surface area contributed by atoms with Crippen LogP contribution in [0.15, 0.2) is 58.8 Å². The van der Waals surface area contributed by atoms with Crippen LogP contribution in [0.5, 0.6) is 0 Å². The van der Waals surface area contributed by atoms with Gasteiger partial charge in [0.05, 0.1) is 11.4 Å². The van der Waals surface area contributed by atoms with Crippen LogP contribution in [0.4, 0.5) is 5.69 Å². The minimum absolute atomic E-state index is 0.105. The summed E-state index contributed by atoms with van der Waals surface area (Å²) in [5, 5.41) is 9.94. The number of nitrogens with zero attached hydrogens (tertiary/aromatic N) is 5. The van der Waals surface area contributed by atoms with Gasteiger partial charge in [0, 0.05) is 41.2 Å². The van der Waals surface area contributed by atoms with E-state index in [-0.39, 0.29) is 5.91 Å². The molecule has 0 radical (unpaired) electrons. The van der Waals surface area contributed by atoms with Gasteiger partial charge in [0.25, 0.3) is 0 Å². The molecule has 29 heavy (non-hydrogen) atoms. The fourth-order valence-corrected chi connectivity index (χ4v) is 5.34. The topological polar surface area (TPSA) is 63.9 Å². The summed E-state index contributed by atoms with van der Waals surface area (Å²) in [6.07, 6.45) is 4.47. The third-order valence-corrected chi connectivity index (χ3v) is 7.03. The Balaban J connectivity index is 1.51. The summed E-state index contributed by atoms with van der Waals surface area (Å²) in [6, 6.07) is 12.0. The maximum absolute atomic E-state index is 13.1. The Morgan fingerprint density at radius 2 is 2.00 bits per heavy atom. The summed E-state index contributed by atoms with van der Waals surface area (Å²) in [6.45, 7) is 5.76. The molecule has 1 aliphatic heterocycles. The predicted molar refractivity (Wildman–Crippen MR) is 118 cm³/mol. The van der Waals surface area contributed by atoms with Gasteiger partial charge >= 0.3 is 0 Å². The lowest BCUT2D eigenvalue weighted by molar-refractivity contribution is -0.116. The number of anilines is 1. The summed E-state index contributed by atoms with van der Waals surface area (Å²) in [7, 11) is 0. The molecule has 0 spiro atoms. The normalized spacial score (nSPS) is 16.3. The lowest BCUT2D eigenvalue weighted by Crippen LogP contribution is -2.33. The molecule has 0 N–H and O–H groups in total. The monoisotopic (exact) mass is 425 g/mol. The standard InChI is InChI=1S/C21H23N5OS2/c1-3-25-20(16-8-11-22-12-9-16)23-24-21(25)28-14-19(27)26-13-10-15(2)29-18-7-5-4-6-17(18)26/h4-9,11-12,15H,3,10,13-14H2,1-2H3/t15-/m1/s1. The number of benzene rings is 1. The molecule has 1 aliphatic rings. The highest BCUT2D eigenvalue weighted by Gasteiger charge is 2.24. The van der Waals surface area contributed by atoms with Gasteiger partial charge < -0.3 is 9.47 Å². The Morgan fingerprint density at radius 1 is 1.21 bits per heavy atom. The molecule has 2 aromatic heterocycles. The van der Waals surface area contributed by atoms with Crippen LogP contribution in [0.3, 0.4) is 0 Å². The van der Waals surface area contributed by atoms with Gasteiger partial charge in [-0.2, -0.15) is 0 Å². The van der Waals surface area contributed by atoms with Gasteiger partial charge in [-0.05, 0) is 37.6 Å². The zero-order valence-corrected chi connectivity index (χ0v) is 18.1. The number of hydrogen-bond donors (Lipinski definition) is 0. The smallest absolute Gasteiger partial charge is 0.237 e. The number of amides is 1. The van der Waals surface area contributed by atoms with E-state index < -0.39 is 0 Å². The second-order valence-electron chi connectivity index (χ2n) is 6.81. The molecule has 4 rings (SSSR count). The number of pyridine rings is 1. The molecule has 0 saturated carbocycles. The Bertz CT molecular complexity index is 992. The van der Waals surface area contributed by atoms with Gasteiger partial charge in [0.2, 0.25) is 5.91 Å². The molecule has 1 aromatic carbocycles. The van der Waals surface area contributed by atoms with Crippen molar-refractivity contribution in [1.82, 2.24) is 19.7 Å². The third kappa shape index (κ3) is 4.33. The van der Waals surface area contributed by atoms with Crippen LogP contribution in [0.1, 0.15) is 20.3 Å². The van der Waals surface area contributed by atoms with E-state index in [2.05, 4.69) is 35.1 Å². The maximum Gasteiger partial charge on any atom is 0.237 e. The minimum Gasteiger partial charge on any atom is -0.311 e. The largest absolute Gasteiger partial charge is 0.311 e. The van der Waals surface area contributed by atoms with E-state index in [4.69, 9.17) is 0 Å². The highest BCUT2D eigenvalue weighted by atomic mass is 32.2. The van der Waals surface area contributed by atoms with Crippen molar-refractivity contribution in [3.05, 3.63) is 48.8 Å². The number of thioether (sulfide) groups is 2. The first kappa shape index (κ1) is 20.0. The molecule has 8 heteroatoms. The molecule has 1 amide bonds. The van der Waals surface area contributed by atoms with Crippen molar-refractivity contribution in [2.45, 2.75) is 42.1 Å². The van der Waals surface area contributed by atoms with E-state index in [1.54, 1.807) is 12.4 Å². The molecule has 150 valence electrons. The lowest BCUT2D eigenvalue weighted by atomic mass is 10.2. The lowest BCUT2D eigenvalue weighted by Gasteiger charge is -2.22. The molecule has 0 unspecified atom stereocenters. The van der Waals surface area contributed by atoms with E-state index >= 15 is 0 Å². The molecule has 0 saturated heterocycles. The predicted octanol–water partition coefficient (Wildman–Crippen LogP) is 4.37. The molecule has 1 atom stereocenters. The van der Waals surface area contributed by atoms with Crippen molar-refractivity contribution in [1.29, 1.82) is 0 Å². The number of rotatable bonds is 5. The summed E-state index contributed by atoms with van der Waals surface area (Å²) in [4.78, 5) is 20.3. The van der Waals surface area contributed by atoms with Crippen molar-refractivity contribution in [3.8, 4) is 11.4 Å². The van der Waals surface area contributed by atoms with Crippen LogP contribution >= 0.6 is 23.5 Å². The van der Waals surface area contributed by atoms with E-state index in [1.165, 1.54) is 16.7 Å². The van der Waals surface area contributed by atoms with Crippen molar-refractivity contribution >= 4 is 35.1 Å². The number of aromatic nitrogens is 4. The van der Waals surface area contributed by atoms with Crippen LogP contribution in [-0.4, -0.2) is 43.2 Å². The van der Waals surface area contributed by atoms with Crippen LogP contribution in [0.25, 0.3) is 11.4 Å². The van der Waals surface area contributed by atoms with E-state index in [0.717, 1.165) is 41.7 Å². The van der Waals surface area contributed by atoms with Crippen LogP contribution in [-0.2, 0) is 11.3 Å². The Kier molecular flexibility index (Phi) is 6.20.